The van der Waals surface area contributed by atoms with Gasteiger partial charge >= 0.3 is 0 Å². The Morgan fingerprint density at radius 3 is 2.43 bits per heavy atom. The summed E-state index contributed by atoms with van der Waals surface area (Å²) in [6.45, 7) is 0. The lowest BCUT2D eigenvalue weighted by Crippen LogP contribution is -2.36. The highest BCUT2D eigenvalue weighted by molar-refractivity contribution is 5.63. The van der Waals surface area contributed by atoms with Crippen LogP contribution in [0.4, 0.5) is 5.95 Å². The molecule has 8 nitrogen and oxygen atoms in total. The van der Waals surface area contributed by atoms with Crippen LogP contribution in [-0.4, -0.2) is 32.2 Å². The van der Waals surface area contributed by atoms with Crippen LogP contribution in [0.25, 0.3) is 22.6 Å². The summed E-state index contributed by atoms with van der Waals surface area (Å²) < 4.78 is 11.0. The van der Waals surface area contributed by atoms with E-state index in [2.05, 4.69) is 44.4 Å². The summed E-state index contributed by atoms with van der Waals surface area (Å²) in [5, 5.41) is 4.33. The van der Waals surface area contributed by atoms with Gasteiger partial charge in [0.2, 0.25) is 5.95 Å². The van der Waals surface area contributed by atoms with E-state index < -0.39 is 0 Å². The molecule has 0 amide bonds. The molecule has 8 heteroatoms. The fourth-order valence-corrected chi connectivity index (χ4v) is 3.89. The summed E-state index contributed by atoms with van der Waals surface area (Å²) in [5.74, 6) is 2.02. The van der Waals surface area contributed by atoms with Crippen molar-refractivity contribution in [2.45, 2.75) is 24.7 Å². The van der Waals surface area contributed by atoms with E-state index in [1.54, 1.807) is 38.0 Å². The van der Waals surface area contributed by atoms with E-state index in [0.29, 0.717) is 23.0 Å². The Hall–Kier alpha value is -3.81. The van der Waals surface area contributed by atoms with Crippen molar-refractivity contribution in [1.82, 2.24) is 25.1 Å². The molecular weight excluding hydrogens is 380 g/mol. The molecule has 2 N–H and O–H groups in total. The first-order chi connectivity index (χ1) is 14.7. The second kappa shape index (κ2) is 7.22. The molecule has 1 aromatic carbocycles. The van der Waals surface area contributed by atoms with E-state index in [4.69, 9.17) is 20.0 Å². The first-order valence-electron chi connectivity index (χ1n) is 9.71. The van der Waals surface area contributed by atoms with E-state index in [0.717, 1.165) is 30.4 Å². The summed E-state index contributed by atoms with van der Waals surface area (Å²) in [6.07, 6.45) is 9.86. The monoisotopic (exact) mass is 400 g/mol. The van der Waals surface area contributed by atoms with Gasteiger partial charge in [0.05, 0.1) is 12.5 Å². The van der Waals surface area contributed by atoms with Gasteiger partial charge in [0.1, 0.15) is 11.3 Å². The van der Waals surface area contributed by atoms with Crippen molar-refractivity contribution < 1.29 is 9.26 Å². The molecule has 1 aliphatic rings. The Bertz CT molecular complexity index is 1170. The van der Waals surface area contributed by atoms with Crippen molar-refractivity contribution in [3.05, 3.63) is 66.5 Å². The van der Waals surface area contributed by atoms with Gasteiger partial charge in [0.25, 0.3) is 5.89 Å². The largest absolute Gasteiger partial charge is 0.496 e. The Labute approximate surface area is 173 Å². The zero-order chi connectivity index (χ0) is 20.6. The quantitative estimate of drug-likeness (QED) is 0.540. The number of nitrogen functional groups attached to an aromatic ring is 1. The number of pyridine rings is 1. The highest BCUT2D eigenvalue weighted by Crippen LogP contribution is 2.48. The molecule has 30 heavy (non-hydrogen) atoms. The molecule has 3 heterocycles. The number of rotatable bonds is 5. The Kier molecular flexibility index (Phi) is 4.39. The van der Waals surface area contributed by atoms with Crippen LogP contribution in [0.5, 0.6) is 5.75 Å². The van der Waals surface area contributed by atoms with Gasteiger partial charge in [-0.3, -0.25) is 4.98 Å². The van der Waals surface area contributed by atoms with Crippen molar-refractivity contribution >= 4 is 5.95 Å². The van der Waals surface area contributed by atoms with Crippen LogP contribution in [0.2, 0.25) is 0 Å². The molecular formula is C22H20N6O2. The summed E-state index contributed by atoms with van der Waals surface area (Å²) >= 11 is 0. The summed E-state index contributed by atoms with van der Waals surface area (Å²) in [4.78, 5) is 17.0. The van der Waals surface area contributed by atoms with E-state index in [1.807, 2.05) is 0 Å². The van der Waals surface area contributed by atoms with Gasteiger partial charge in [-0.05, 0) is 30.0 Å². The lowest BCUT2D eigenvalue weighted by atomic mass is 9.64. The second-order valence-corrected chi connectivity index (χ2v) is 7.34. The van der Waals surface area contributed by atoms with Gasteiger partial charge in [-0.1, -0.05) is 35.8 Å². The zero-order valence-electron chi connectivity index (χ0n) is 16.4. The minimum atomic E-state index is -0.243. The molecule has 0 unspecified atom stereocenters. The number of aromatic nitrogens is 5. The third kappa shape index (κ3) is 2.97. The van der Waals surface area contributed by atoms with Gasteiger partial charge in [-0.15, -0.1) is 0 Å². The molecule has 0 aliphatic heterocycles. The van der Waals surface area contributed by atoms with Gasteiger partial charge in [0.15, 0.2) is 5.82 Å². The SMILES string of the molecule is COc1ccncc1-c1nc(C2(c3ccc(-c4cnc(N)nc4)cc3)CCC2)no1. The summed E-state index contributed by atoms with van der Waals surface area (Å²) in [6, 6.07) is 10.1. The second-order valence-electron chi connectivity index (χ2n) is 7.34. The van der Waals surface area contributed by atoms with Gasteiger partial charge in [-0.2, -0.15) is 4.98 Å². The Balaban J connectivity index is 1.48. The molecule has 0 saturated heterocycles. The molecule has 150 valence electrons. The van der Waals surface area contributed by atoms with Crippen LogP contribution in [0.3, 0.4) is 0 Å². The standard InChI is InChI=1S/C22H20N6O2/c1-29-18-7-10-24-13-17(18)19-27-20(28-30-19)22(8-2-9-22)16-5-3-14(4-6-16)15-11-25-21(23)26-12-15/h3-7,10-13H,2,8-9H2,1H3,(H2,23,25,26). The van der Waals surface area contributed by atoms with E-state index in [1.165, 1.54) is 5.56 Å². The van der Waals surface area contributed by atoms with Crippen LogP contribution in [0.1, 0.15) is 30.7 Å². The van der Waals surface area contributed by atoms with Gasteiger partial charge in [-0.25, -0.2) is 9.97 Å². The maximum Gasteiger partial charge on any atom is 0.263 e. The average molecular weight is 400 g/mol. The highest BCUT2D eigenvalue weighted by atomic mass is 16.5. The van der Waals surface area contributed by atoms with E-state index >= 15 is 0 Å². The van der Waals surface area contributed by atoms with Crippen molar-refractivity contribution in [2.24, 2.45) is 0 Å². The third-order valence-corrected chi connectivity index (χ3v) is 5.74. The number of benzene rings is 1. The van der Waals surface area contributed by atoms with Crippen LogP contribution < -0.4 is 10.5 Å². The number of hydrogen-bond acceptors (Lipinski definition) is 8. The number of anilines is 1. The first-order valence-corrected chi connectivity index (χ1v) is 9.71. The minimum absolute atomic E-state index is 0.243. The maximum absolute atomic E-state index is 5.59. The molecule has 3 aromatic heterocycles. The molecule has 5 rings (SSSR count). The van der Waals surface area contributed by atoms with Crippen LogP contribution in [0.15, 0.2) is 59.6 Å². The van der Waals surface area contributed by atoms with Gasteiger partial charge in [0, 0.05) is 30.4 Å². The molecule has 1 fully saturated rings. The van der Waals surface area contributed by atoms with Crippen molar-refractivity contribution in [2.75, 3.05) is 12.8 Å². The predicted molar refractivity (Wildman–Crippen MR) is 111 cm³/mol. The maximum atomic E-state index is 5.59. The van der Waals surface area contributed by atoms with Crippen LogP contribution >= 0.6 is 0 Å². The molecule has 1 saturated carbocycles. The molecule has 0 atom stereocenters. The van der Waals surface area contributed by atoms with Crippen LogP contribution in [0, 0.1) is 0 Å². The molecule has 1 aliphatic carbocycles. The predicted octanol–water partition coefficient (Wildman–Crippen LogP) is 3.65. The summed E-state index contributed by atoms with van der Waals surface area (Å²) in [5.41, 5.74) is 9.14. The summed E-state index contributed by atoms with van der Waals surface area (Å²) in [7, 11) is 1.61. The topological polar surface area (TPSA) is 113 Å². The van der Waals surface area contributed by atoms with Crippen molar-refractivity contribution in [3.8, 4) is 28.3 Å². The third-order valence-electron chi connectivity index (χ3n) is 5.74. The van der Waals surface area contributed by atoms with Crippen molar-refractivity contribution in [1.29, 1.82) is 0 Å². The Morgan fingerprint density at radius 2 is 1.77 bits per heavy atom. The number of nitrogens with zero attached hydrogens (tertiary/aromatic N) is 5. The number of ether oxygens (including phenoxy) is 1. The van der Waals surface area contributed by atoms with Gasteiger partial charge < -0.3 is 15.0 Å². The van der Waals surface area contributed by atoms with Crippen molar-refractivity contribution in [3.63, 3.8) is 0 Å². The normalized spacial score (nSPS) is 14.8. The number of hydrogen-bond donors (Lipinski definition) is 1. The lowest BCUT2D eigenvalue weighted by Gasteiger charge is -2.39. The van der Waals surface area contributed by atoms with Crippen LogP contribution in [-0.2, 0) is 5.41 Å². The smallest absolute Gasteiger partial charge is 0.263 e. The Morgan fingerprint density at radius 1 is 1.00 bits per heavy atom. The molecule has 0 spiro atoms. The lowest BCUT2D eigenvalue weighted by molar-refractivity contribution is 0.273. The zero-order valence-corrected chi connectivity index (χ0v) is 16.4. The first kappa shape index (κ1) is 18.2. The molecule has 4 aromatic rings. The fraction of sp³-hybridized carbons (Fsp3) is 0.227. The fourth-order valence-electron chi connectivity index (χ4n) is 3.89. The van der Waals surface area contributed by atoms with E-state index in [9.17, 15) is 0 Å². The minimum Gasteiger partial charge on any atom is -0.496 e. The highest BCUT2D eigenvalue weighted by Gasteiger charge is 2.44. The number of methoxy groups -OCH3 is 1. The molecule has 0 bridgehead atoms. The van der Waals surface area contributed by atoms with E-state index in [-0.39, 0.29) is 11.4 Å². The average Bonchev–Trinajstić information content (AvgIpc) is 3.24. The number of nitrogens with two attached hydrogens (primary N) is 1. The molecule has 0 radical (unpaired) electrons.